The van der Waals surface area contributed by atoms with E-state index in [4.69, 9.17) is 0 Å². The van der Waals surface area contributed by atoms with Crippen molar-refractivity contribution in [2.24, 2.45) is 0 Å². The highest BCUT2D eigenvalue weighted by molar-refractivity contribution is 7.98. The van der Waals surface area contributed by atoms with E-state index >= 15 is 0 Å². The van der Waals surface area contributed by atoms with Gasteiger partial charge in [0, 0.05) is 0 Å². The van der Waals surface area contributed by atoms with E-state index in [1.807, 2.05) is 61.7 Å². The van der Waals surface area contributed by atoms with Crippen LogP contribution in [0.1, 0.15) is 5.56 Å². The summed E-state index contributed by atoms with van der Waals surface area (Å²) in [5, 5.41) is 1.36. The van der Waals surface area contributed by atoms with Gasteiger partial charge in [-0.25, -0.2) is 4.98 Å². The molecular weight excluding hydrogens is 268 g/mol. The van der Waals surface area contributed by atoms with Crippen LogP contribution in [0, 0.1) is 6.92 Å². The van der Waals surface area contributed by atoms with Gasteiger partial charge in [0.15, 0.2) is 5.16 Å². The number of hydrogen-bond acceptors (Lipinski definition) is 3. The topological polar surface area (TPSA) is 34.9 Å². The van der Waals surface area contributed by atoms with E-state index in [1.54, 1.807) is 4.57 Å². The minimum Gasteiger partial charge on any atom is -0.268 e. The van der Waals surface area contributed by atoms with Gasteiger partial charge in [-0.1, -0.05) is 42.1 Å². The molecule has 3 rings (SSSR count). The van der Waals surface area contributed by atoms with Crippen molar-refractivity contribution >= 4 is 22.7 Å². The SMILES string of the molecule is CSc1nc2ccccc2c(=O)n1-c1ccccc1C. The molecule has 0 N–H and O–H groups in total. The van der Waals surface area contributed by atoms with Gasteiger partial charge in [0.2, 0.25) is 0 Å². The first-order valence-electron chi connectivity index (χ1n) is 6.34. The third kappa shape index (κ3) is 2.02. The molecule has 0 atom stereocenters. The van der Waals surface area contributed by atoms with E-state index in [0.29, 0.717) is 10.5 Å². The van der Waals surface area contributed by atoms with Gasteiger partial charge in [-0.15, -0.1) is 0 Å². The molecule has 0 radical (unpaired) electrons. The van der Waals surface area contributed by atoms with Crippen molar-refractivity contribution in [1.29, 1.82) is 0 Å². The Labute approximate surface area is 121 Å². The Hall–Kier alpha value is -2.07. The average molecular weight is 282 g/mol. The number of aromatic nitrogens is 2. The number of aryl methyl sites for hydroxylation is 1. The molecule has 3 nitrogen and oxygen atoms in total. The number of fused-ring (bicyclic) bond motifs is 1. The van der Waals surface area contributed by atoms with Crippen molar-refractivity contribution in [2.75, 3.05) is 6.26 Å². The zero-order valence-corrected chi connectivity index (χ0v) is 12.1. The molecule has 4 heteroatoms. The lowest BCUT2D eigenvalue weighted by Gasteiger charge is -2.13. The second-order valence-corrected chi connectivity index (χ2v) is 5.32. The molecule has 0 unspecified atom stereocenters. The van der Waals surface area contributed by atoms with Gasteiger partial charge in [0.05, 0.1) is 16.6 Å². The number of para-hydroxylation sites is 2. The van der Waals surface area contributed by atoms with Gasteiger partial charge in [-0.2, -0.15) is 0 Å². The van der Waals surface area contributed by atoms with Crippen molar-refractivity contribution in [3.63, 3.8) is 0 Å². The molecule has 0 aliphatic carbocycles. The fraction of sp³-hybridized carbons (Fsp3) is 0.125. The standard InChI is InChI=1S/C16H14N2OS/c1-11-7-3-6-10-14(11)18-15(19)12-8-4-5-9-13(12)17-16(18)20-2/h3-10H,1-2H3. The zero-order valence-electron chi connectivity index (χ0n) is 11.3. The van der Waals surface area contributed by atoms with Gasteiger partial charge < -0.3 is 0 Å². The monoisotopic (exact) mass is 282 g/mol. The Morgan fingerprint density at radius 2 is 1.75 bits per heavy atom. The lowest BCUT2D eigenvalue weighted by molar-refractivity contribution is 0.816. The fourth-order valence-electron chi connectivity index (χ4n) is 2.28. The maximum Gasteiger partial charge on any atom is 0.266 e. The molecule has 2 aromatic carbocycles. The van der Waals surface area contributed by atoms with Crippen LogP contribution >= 0.6 is 11.8 Å². The summed E-state index contributed by atoms with van der Waals surface area (Å²) < 4.78 is 1.70. The smallest absolute Gasteiger partial charge is 0.266 e. The Kier molecular flexibility index (Phi) is 3.32. The third-order valence-corrected chi connectivity index (χ3v) is 3.92. The number of rotatable bonds is 2. The summed E-state index contributed by atoms with van der Waals surface area (Å²) in [7, 11) is 0. The fourth-order valence-corrected chi connectivity index (χ4v) is 2.83. The van der Waals surface area contributed by atoms with E-state index in [9.17, 15) is 4.79 Å². The summed E-state index contributed by atoms with van der Waals surface area (Å²) in [5.74, 6) is 0. The van der Waals surface area contributed by atoms with Crippen molar-refractivity contribution in [2.45, 2.75) is 12.1 Å². The molecule has 3 aromatic rings. The lowest BCUT2D eigenvalue weighted by atomic mass is 10.2. The van der Waals surface area contributed by atoms with Crippen molar-refractivity contribution in [3.05, 3.63) is 64.4 Å². The molecule has 0 bridgehead atoms. The summed E-state index contributed by atoms with van der Waals surface area (Å²) in [6.45, 7) is 2.00. The average Bonchev–Trinajstić information content (AvgIpc) is 2.48. The molecule has 0 saturated carbocycles. The molecule has 0 aliphatic rings. The Morgan fingerprint density at radius 1 is 1.05 bits per heavy atom. The Bertz CT molecular complexity index is 839. The lowest BCUT2D eigenvalue weighted by Crippen LogP contribution is -2.22. The highest BCUT2D eigenvalue weighted by atomic mass is 32.2. The number of hydrogen-bond donors (Lipinski definition) is 0. The number of nitrogens with zero attached hydrogens (tertiary/aromatic N) is 2. The predicted octanol–water partition coefficient (Wildman–Crippen LogP) is 3.42. The van der Waals surface area contributed by atoms with E-state index in [1.165, 1.54) is 11.8 Å². The van der Waals surface area contributed by atoms with Crippen molar-refractivity contribution in [1.82, 2.24) is 9.55 Å². The molecule has 1 aromatic heterocycles. The van der Waals surface area contributed by atoms with Crippen LogP contribution in [0.4, 0.5) is 0 Å². The summed E-state index contributed by atoms with van der Waals surface area (Å²) >= 11 is 1.48. The quantitative estimate of drug-likeness (QED) is 0.533. The van der Waals surface area contributed by atoms with E-state index in [-0.39, 0.29) is 5.56 Å². The first kappa shape index (κ1) is 12.9. The van der Waals surface area contributed by atoms with Crippen LogP contribution in [0.3, 0.4) is 0 Å². The molecular formula is C16H14N2OS. The van der Waals surface area contributed by atoms with Gasteiger partial charge >= 0.3 is 0 Å². The molecule has 0 amide bonds. The second kappa shape index (κ2) is 5.13. The van der Waals surface area contributed by atoms with Crippen LogP contribution in [-0.2, 0) is 0 Å². The van der Waals surface area contributed by atoms with E-state index in [2.05, 4.69) is 4.98 Å². The highest BCUT2D eigenvalue weighted by Gasteiger charge is 2.12. The normalized spacial score (nSPS) is 10.9. The Balaban J connectivity index is 2.43. The summed E-state index contributed by atoms with van der Waals surface area (Å²) in [4.78, 5) is 17.4. The van der Waals surface area contributed by atoms with Crippen LogP contribution in [0.25, 0.3) is 16.6 Å². The molecule has 0 spiro atoms. The van der Waals surface area contributed by atoms with Gasteiger partial charge in [-0.3, -0.25) is 9.36 Å². The second-order valence-electron chi connectivity index (χ2n) is 4.54. The van der Waals surface area contributed by atoms with Gasteiger partial charge in [0.25, 0.3) is 5.56 Å². The highest BCUT2D eigenvalue weighted by Crippen LogP contribution is 2.21. The molecule has 0 saturated heterocycles. The third-order valence-electron chi connectivity index (χ3n) is 3.28. The molecule has 0 aliphatic heterocycles. The largest absolute Gasteiger partial charge is 0.268 e. The van der Waals surface area contributed by atoms with Crippen molar-refractivity contribution in [3.8, 4) is 5.69 Å². The molecule has 1 heterocycles. The van der Waals surface area contributed by atoms with Gasteiger partial charge in [0.1, 0.15) is 0 Å². The van der Waals surface area contributed by atoms with Crippen LogP contribution in [0.15, 0.2) is 58.5 Å². The maximum atomic E-state index is 12.8. The first-order chi connectivity index (χ1) is 9.72. The van der Waals surface area contributed by atoms with Crippen LogP contribution in [0.5, 0.6) is 0 Å². The number of thioether (sulfide) groups is 1. The van der Waals surface area contributed by atoms with Crippen molar-refractivity contribution < 1.29 is 0 Å². The Morgan fingerprint density at radius 3 is 2.50 bits per heavy atom. The predicted molar refractivity (Wildman–Crippen MR) is 83.9 cm³/mol. The van der Waals surface area contributed by atoms with Crippen LogP contribution in [-0.4, -0.2) is 15.8 Å². The molecule has 100 valence electrons. The maximum absolute atomic E-state index is 12.8. The van der Waals surface area contributed by atoms with E-state index in [0.717, 1.165) is 16.8 Å². The minimum absolute atomic E-state index is 0.0192. The summed E-state index contributed by atoms with van der Waals surface area (Å²) in [5.41, 5.74) is 2.67. The number of benzene rings is 2. The first-order valence-corrected chi connectivity index (χ1v) is 7.56. The molecule has 20 heavy (non-hydrogen) atoms. The minimum atomic E-state index is -0.0192. The van der Waals surface area contributed by atoms with Gasteiger partial charge in [-0.05, 0) is 36.9 Å². The van der Waals surface area contributed by atoms with Crippen LogP contribution in [0.2, 0.25) is 0 Å². The van der Waals surface area contributed by atoms with E-state index < -0.39 is 0 Å². The molecule has 0 fully saturated rings. The van der Waals surface area contributed by atoms with Crippen LogP contribution < -0.4 is 5.56 Å². The summed E-state index contributed by atoms with van der Waals surface area (Å²) in [6, 6.07) is 15.3. The summed E-state index contributed by atoms with van der Waals surface area (Å²) in [6.07, 6.45) is 1.94. The zero-order chi connectivity index (χ0) is 14.1.